The van der Waals surface area contributed by atoms with Crippen LogP contribution in [0.2, 0.25) is 0 Å². The maximum atomic E-state index is 12.5. The second kappa shape index (κ2) is 6.76. The molecule has 0 aliphatic rings. The van der Waals surface area contributed by atoms with Crippen LogP contribution in [0.1, 0.15) is 17.5 Å². The van der Waals surface area contributed by atoms with Crippen molar-refractivity contribution >= 4 is 16.0 Å². The van der Waals surface area contributed by atoms with Gasteiger partial charge in [-0.25, -0.2) is 8.42 Å². The van der Waals surface area contributed by atoms with E-state index < -0.39 is 16.0 Å². The first kappa shape index (κ1) is 16.3. The Morgan fingerprint density at radius 1 is 1.27 bits per heavy atom. The molecule has 2 aromatic rings. The Bertz CT molecular complexity index is 737. The predicted molar refractivity (Wildman–Crippen MR) is 79.7 cm³/mol. The van der Waals surface area contributed by atoms with E-state index in [1.807, 2.05) is 25.1 Å². The zero-order chi connectivity index (χ0) is 16.2. The summed E-state index contributed by atoms with van der Waals surface area (Å²) in [5.74, 6) is -1.05. The standard InChI is InChI=1S/C15H17NO5S/c1-12-4-2-5-13(10-12)11-16(8-7-14(17)18)22(19,20)15-6-3-9-21-15/h2-6,9-10H,7-8,11H2,1H3,(H,17,18). The number of furan rings is 1. The van der Waals surface area contributed by atoms with Gasteiger partial charge < -0.3 is 9.52 Å². The molecule has 0 saturated carbocycles. The van der Waals surface area contributed by atoms with Gasteiger partial charge in [0.25, 0.3) is 10.0 Å². The smallest absolute Gasteiger partial charge is 0.304 e. The maximum absolute atomic E-state index is 12.5. The van der Waals surface area contributed by atoms with Gasteiger partial charge in [-0.15, -0.1) is 0 Å². The van der Waals surface area contributed by atoms with E-state index in [1.54, 1.807) is 6.07 Å². The van der Waals surface area contributed by atoms with Crippen LogP contribution in [-0.4, -0.2) is 30.3 Å². The van der Waals surface area contributed by atoms with Crippen molar-refractivity contribution in [2.24, 2.45) is 0 Å². The highest BCUT2D eigenvalue weighted by atomic mass is 32.2. The van der Waals surface area contributed by atoms with Crippen molar-refractivity contribution in [2.45, 2.75) is 25.0 Å². The number of rotatable bonds is 7. The summed E-state index contributed by atoms with van der Waals surface area (Å²) in [5.41, 5.74) is 1.80. The van der Waals surface area contributed by atoms with Gasteiger partial charge in [-0.05, 0) is 24.6 Å². The van der Waals surface area contributed by atoms with E-state index in [0.717, 1.165) is 15.4 Å². The molecule has 0 aliphatic heterocycles. The monoisotopic (exact) mass is 323 g/mol. The summed E-state index contributed by atoms with van der Waals surface area (Å²) < 4.78 is 31.2. The second-order valence-corrected chi connectivity index (χ2v) is 6.77. The summed E-state index contributed by atoms with van der Waals surface area (Å²) in [7, 11) is -3.86. The Morgan fingerprint density at radius 2 is 2.05 bits per heavy atom. The van der Waals surface area contributed by atoms with Crippen LogP contribution in [0.3, 0.4) is 0 Å². The van der Waals surface area contributed by atoms with Gasteiger partial charge in [0.05, 0.1) is 12.7 Å². The van der Waals surface area contributed by atoms with Crippen LogP contribution in [0.4, 0.5) is 0 Å². The Morgan fingerprint density at radius 3 is 2.64 bits per heavy atom. The number of hydrogen-bond donors (Lipinski definition) is 1. The third-order valence-electron chi connectivity index (χ3n) is 3.11. The van der Waals surface area contributed by atoms with Crippen LogP contribution in [0.15, 0.2) is 52.2 Å². The number of carboxylic acid groups (broad SMARTS) is 1. The fraction of sp³-hybridized carbons (Fsp3) is 0.267. The number of carboxylic acids is 1. The molecular weight excluding hydrogens is 306 g/mol. The van der Waals surface area contributed by atoms with Crippen LogP contribution in [0.25, 0.3) is 0 Å². The van der Waals surface area contributed by atoms with E-state index in [-0.39, 0.29) is 24.6 Å². The Balaban J connectivity index is 2.28. The molecule has 7 heteroatoms. The van der Waals surface area contributed by atoms with Crippen LogP contribution < -0.4 is 0 Å². The quantitative estimate of drug-likeness (QED) is 0.844. The van der Waals surface area contributed by atoms with Gasteiger partial charge in [0, 0.05) is 13.1 Å². The van der Waals surface area contributed by atoms with Crippen molar-refractivity contribution in [3.8, 4) is 0 Å². The lowest BCUT2D eigenvalue weighted by atomic mass is 10.1. The van der Waals surface area contributed by atoms with E-state index in [1.165, 1.54) is 18.4 Å². The molecule has 0 unspecified atom stereocenters. The van der Waals surface area contributed by atoms with Crippen molar-refractivity contribution in [2.75, 3.05) is 6.54 Å². The summed E-state index contributed by atoms with van der Waals surface area (Å²) in [5, 5.41) is 8.63. The number of aliphatic carboxylic acids is 1. The number of carbonyl (C=O) groups is 1. The molecule has 1 aromatic carbocycles. The fourth-order valence-corrected chi connectivity index (χ4v) is 3.39. The molecule has 118 valence electrons. The van der Waals surface area contributed by atoms with Crippen molar-refractivity contribution in [3.05, 3.63) is 53.8 Å². The molecule has 1 heterocycles. The van der Waals surface area contributed by atoms with Crippen molar-refractivity contribution in [1.82, 2.24) is 4.31 Å². The van der Waals surface area contributed by atoms with E-state index >= 15 is 0 Å². The molecule has 0 fully saturated rings. The minimum absolute atomic E-state index is 0.0952. The van der Waals surface area contributed by atoms with Gasteiger partial charge in [0.1, 0.15) is 0 Å². The van der Waals surface area contributed by atoms with Gasteiger partial charge in [-0.1, -0.05) is 29.8 Å². The van der Waals surface area contributed by atoms with Gasteiger partial charge in [-0.2, -0.15) is 4.31 Å². The summed E-state index contributed by atoms with van der Waals surface area (Å²) in [6.07, 6.45) is 1.00. The Hall–Kier alpha value is -2.12. The van der Waals surface area contributed by atoms with Gasteiger partial charge >= 0.3 is 5.97 Å². The average Bonchev–Trinajstić information content (AvgIpc) is 2.98. The van der Waals surface area contributed by atoms with E-state index in [4.69, 9.17) is 9.52 Å². The first-order valence-corrected chi connectivity index (χ1v) is 8.14. The van der Waals surface area contributed by atoms with Crippen molar-refractivity contribution < 1.29 is 22.7 Å². The molecule has 0 aliphatic carbocycles. The molecule has 2 rings (SSSR count). The number of sulfonamides is 1. The molecule has 0 atom stereocenters. The molecule has 0 saturated heterocycles. The summed E-state index contributed by atoms with van der Waals surface area (Å²) in [6, 6.07) is 10.2. The molecule has 0 amide bonds. The highest BCUT2D eigenvalue weighted by molar-refractivity contribution is 7.89. The first-order valence-electron chi connectivity index (χ1n) is 6.70. The number of nitrogens with zero attached hydrogens (tertiary/aromatic N) is 1. The Labute approximate surface area is 129 Å². The molecule has 1 aromatic heterocycles. The minimum Gasteiger partial charge on any atom is -0.481 e. The van der Waals surface area contributed by atoms with Crippen molar-refractivity contribution in [1.29, 1.82) is 0 Å². The maximum Gasteiger partial charge on any atom is 0.304 e. The van der Waals surface area contributed by atoms with Gasteiger partial charge in [-0.3, -0.25) is 4.79 Å². The third kappa shape index (κ3) is 3.96. The molecule has 0 bridgehead atoms. The highest BCUT2D eigenvalue weighted by Crippen LogP contribution is 2.19. The highest BCUT2D eigenvalue weighted by Gasteiger charge is 2.27. The normalized spacial score (nSPS) is 11.7. The van der Waals surface area contributed by atoms with Gasteiger partial charge in [0.15, 0.2) is 0 Å². The minimum atomic E-state index is -3.86. The number of aryl methyl sites for hydroxylation is 1. The lowest BCUT2D eigenvalue weighted by molar-refractivity contribution is -0.137. The van der Waals surface area contributed by atoms with E-state index in [9.17, 15) is 13.2 Å². The van der Waals surface area contributed by atoms with E-state index in [2.05, 4.69) is 0 Å². The number of benzene rings is 1. The van der Waals surface area contributed by atoms with Crippen LogP contribution >= 0.6 is 0 Å². The summed E-state index contributed by atoms with van der Waals surface area (Å²) in [4.78, 5) is 10.8. The zero-order valence-electron chi connectivity index (χ0n) is 12.1. The van der Waals surface area contributed by atoms with Crippen LogP contribution in [0.5, 0.6) is 0 Å². The van der Waals surface area contributed by atoms with E-state index in [0.29, 0.717) is 0 Å². The molecule has 1 N–H and O–H groups in total. The Kier molecular flexibility index (Phi) is 4.99. The number of hydrogen-bond acceptors (Lipinski definition) is 4. The van der Waals surface area contributed by atoms with Crippen LogP contribution in [0, 0.1) is 6.92 Å². The summed E-state index contributed by atoms with van der Waals surface area (Å²) >= 11 is 0. The first-order chi connectivity index (χ1) is 10.4. The SMILES string of the molecule is Cc1cccc(CN(CCC(=O)O)S(=O)(=O)c2ccco2)c1. The second-order valence-electron chi connectivity index (χ2n) is 4.90. The molecule has 6 nitrogen and oxygen atoms in total. The topological polar surface area (TPSA) is 87.8 Å². The van der Waals surface area contributed by atoms with Crippen LogP contribution in [-0.2, 0) is 21.4 Å². The fourth-order valence-electron chi connectivity index (χ4n) is 2.06. The lowest BCUT2D eigenvalue weighted by Crippen LogP contribution is -2.32. The zero-order valence-corrected chi connectivity index (χ0v) is 12.9. The average molecular weight is 323 g/mol. The molecule has 22 heavy (non-hydrogen) atoms. The van der Waals surface area contributed by atoms with Crippen molar-refractivity contribution in [3.63, 3.8) is 0 Å². The lowest BCUT2D eigenvalue weighted by Gasteiger charge is -2.20. The van der Waals surface area contributed by atoms with Gasteiger partial charge in [0.2, 0.25) is 5.09 Å². The summed E-state index contributed by atoms with van der Waals surface area (Å²) in [6.45, 7) is 1.89. The molecule has 0 spiro atoms. The largest absolute Gasteiger partial charge is 0.481 e. The molecule has 0 radical (unpaired) electrons. The molecular formula is C15H17NO5S. The third-order valence-corrected chi connectivity index (χ3v) is 4.84. The predicted octanol–water partition coefficient (Wildman–Crippen LogP) is 2.25.